The van der Waals surface area contributed by atoms with Crippen LogP contribution in [0.1, 0.15) is 19.4 Å². The highest BCUT2D eigenvalue weighted by molar-refractivity contribution is 7.87. The van der Waals surface area contributed by atoms with Crippen molar-refractivity contribution < 1.29 is 26.2 Å². The van der Waals surface area contributed by atoms with E-state index in [0.29, 0.717) is 0 Å². The van der Waals surface area contributed by atoms with Crippen LogP contribution in [-0.4, -0.2) is 21.6 Å². The highest BCUT2D eigenvalue weighted by Gasteiger charge is 2.34. The second kappa shape index (κ2) is 7.22. The Kier molecular flexibility index (Phi) is 6.16. The van der Waals surface area contributed by atoms with Crippen LogP contribution in [0.15, 0.2) is 41.2 Å². The lowest BCUT2D eigenvalue weighted by molar-refractivity contribution is 0.214. The first-order chi connectivity index (χ1) is 9.75. The molecule has 1 aromatic carbocycles. The largest absolute Gasteiger partial charge is 0.396 e. The van der Waals surface area contributed by atoms with E-state index < -0.39 is 23.2 Å². The number of hydrogen-bond donors (Lipinski definition) is 0. The van der Waals surface area contributed by atoms with Crippen LogP contribution in [0, 0.1) is 6.92 Å². The molecular weight excluding hydrogens is 315 g/mol. The number of aryl methyl sites for hydroxylation is 1. The summed E-state index contributed by atoms with van der Waals surface area (Å²) in [6, 6.07) is 6.04. The van der Waals surface area contributed by atoms with Crippen molar-refractivity contribution in [3.63, 3.8) is 0 Å². The molecule has 0 heterocycles. The maximum Gasteiger partial charge on any atom is 0.396 e. The van der Waals surface area contributed by atoms with E-state index >= 15 is 0 Å². The van der Waals surface area contributed by atoms with Gasteiger partial charge < -0.3 is 13.2 Å². The van der Waals surface area contributed by atoms with E-state index in [2.05, 4.69) is 6.58 Å². The van der Waals surface area contributed by atoms with Gasteiger partial charge in [0, 0.05) is 0 Å². The fourth-order valence-corrected chi connectivity index (χ4v) is 3.97. The minimum atomic E-state index is -4.13. The van der Waals surface area contributed by atoms with Crippen molar-refractivity contribution in [2.75, 3.05) is 13.2 Å². The third kappa shape index (κ3) is 4.68. The fourth-order valence-electron chi connectivity index (χ4n) is 1.45. The molecule has 0 bridgehead atoms. The average Bonchev–Trinajstić information content (AvgIpc) is 2.39. The van der Waals surface area contributed by atoms with Crippen LogP contribution in [0.2, 0.25) is 0 Å². The standard InChI is InChI=1S/C13H19O6PS/c1-5-17-20(14,18-6-2)12(4)19-21(15,16)13-9-7-11(3)8-10-13/h7-10H,4-6H2,1-3H3. The molecule has 0 aliphatic heterocycles. The highest BCUT2D eigenvalue weighted by Crippen LogP contribution is 2.56. The minimum absolute atomic E-state index is 0.0613. The van der Waals surface area contributed by atoms with E-state index in [1.54, 1.807) is 26.0 Å². The van der Waals surface area contributed by atoms with E-state index in [1.807, 2.05) is 6.92 Å². The molecule has 0 fully saturated rings. The Labute approximate surface area is 125 Å². The Bertz CT molecular complexity index is 625. The molecule has 0 saturated carbocycles. The van der Waals surface area contributed by atoms with Crippen LogP contribution in [-0.2, 0) is 27.9 Å². The van der Waals surface area contributed by atoms with Gasteiger partial charge in [-0.1, -0.05) is 17.7 Å². The smallest absolute Gasteiger partial charge is 0.371 e. The SMILES string of the molecule is C=C(OS(=O)(=O)c1ccc(C)cc1)P(=O)(OCC)OCC. The molecular formula is C13H19O6PS. The first-order valence-corrected chi connectivity index (χ1v) is 9.30. The second-order valence-corrected chi connectivity index (χ2v) is 7.63. The van der Waals surface area contributed by atoms with E-state index in [1.165, 1.54) is 12.1 Å². The molecule has 0 N–H and O–H groups in total. The summed E-state index contributed by atoms with van der Waals surface area (Å²) in [6.07, 6.45) is 0. The Morgan fingerprint density at radius 3 is 2.05 bits per heavy atom. The fraction of sp³-hybridized carbons (Fsp3) is 0.385. The molecule has 0 amide bonds. The molecule has 0 unspecified atom stereocenters. The molecule has 0 spiro atoms. The summed E-state index contributed by atoms with van der Waals surface area (Å²) in [5, 5.41) is 0. The van der Waals surface area contributed by atoms with Gasteiger partial charge in [0.2, 0.25) is 5.50 Å². The maximum atomic E-state index is 12.3. The van der Waals surface area contributed by atoms with Crippen LogP contribution >= 0.6 is 7.60 Å². The van der Waals surface area contributed by atoms with Crippen molar-refractivity contribution in [3.05, 3.63) is 41.9 Å². The molecule has 118 valence electrons. The third-order valence-electron chi connectivity index (χ3n) is 2.42. The van der Waals surface area contributed by atoms with Crippen LogP contribution < -0.4 is 0 Å². The third-order valence-corrected chi connectivity index (χ3v) is 5.71. The van der Waals surface area contributed by atoms with Gasteiger partial charge in [-0.3, -0.25) is 4.57 Å². The lowest BCUT2D eigenvalue weighted by Gasteiger charge is -2.18. The molecule has 0 radical (unpaired) electrons. The molecule has 0 aliphatic carbocycles. The monoisotopic (exact) mass is 334 g/mol. The number of rotatable bonds is 8. The van der Waals surface area contributed by atoms with Crippen LogP contribution in [0.3, 0.4) is 0 Å². The first-order valence-electron chi connectivity index (χ1n) is 6.35. The second-order valence-electron chi connectivity index (χ2n) is 4.08. The summed E-state index contributed by atoms with van der Waals surface area (Å²) in [5.41, 5.74) is 0.355. The molecule has 0 atom stereocenters. The van der Waals surface area contributed by atoms with Crippen molar-refractivity contribution in [1.82, 2.24) is 0 Å². The van der Waals surface area contributed by atoms with Crippen molar-refractivity contribution >= 4 is 17.7 Å². The van der Waals surface area contributed by atoms with Crippen molar-refractivity contribution in [2.45, 2.75) is 25.7 Å². The van der Waals surface area contributed by atoms with Gasteiger partial charge in [-0.15, -0.1) is 0 Å². The van der Waals surface area contributed by atoms with E-state index in [0.717, 1.165) is 5.56 Å². The summed E-state index contributed by atoms with van der Waals surface area (Å²) in [4.78, 5) is -0.0613. The highest BCUT2D eigenvalue weighted by atomic mass is 32.2. The lowest BCUT2D eigenvalue weighted by atomic mass is 10.2. The Morgan fingerprint density at radius 2 is 1.62 bits per heavy atom. The summed E-state index contributed by atoms with van der Waals surface area (Å²) in [5.74, 6) is 0. The predicted octanol–water partition coefficient (Wildman–Crippen LogP) is 3.44. The molecule has 1 aromatic rings. The van der Waals surface area contributed by atoms with Crippen LogP contribution in [0.25, 0.3) is 0 Å². The zero-order valence-electron chi connectivity index (χ0n) is 12.2. The van der Waals surface area contributed by atoms with Crippen LogP contribution in [0.4, 0.5) is 0 Å². The van der Waals surface area contributed by atoms with Crippen molar-refractivity contribution in [3.8, 4) is 0 Å². The molecule has 0 aromatic heterocycles. The number of hydrogen-bond acceptors (Lipinski definition) is 6. The van der Waals surface area contributed by atoms with Gasteiger partial charge in [-0.25, -0.2) is 0 Å². The molecule has 8 heteroatoms. The normalized spacial score (nSPS) is 12.1. The van der Waals surface area contributed by atoms with Crippen LogP contribution in [0.5, 0.6) is 0 Å². The topological polar surface area (TPSA) is 78.9 Å². The average molecular weight is 334 g/mol. The van der Waals surface area contributed by atoms with E-state index in [9.17, 15) is 13.0 Å². The first kappa shape index (κ1) is 17.9. The zero-order chi connectivity index (χ0) is 16.1. The summed E-state index contributed by atoms with van der Waals surface area (Å²) in [6.45, 7) is 8.56. The van der Waals surface area contributed by atoms with Gasteiger partial charge in [-0.2, -0.15) is 8.42 Å². The molecule has 6 nitrogen and oxygen atoms in total. The number of benzene rings is 1. The van der Waals surface area contributed by atoms with Gasteiger partial charge in [0.1, 0.15) is 4.90 Å². The Morgan fingerprint density at radius 1 is 1.14 bits per heavy atom. The predicted molar refractivity (Wildman–Crippen MR) is 79.4 cm³/mol. The summed E-state index contributed by atoms with van der Waals surface area (Å²) >= 11 is 0. The van der Waals surface area contributed by atoms with Crippen molar-refractivity contribution in [2.24, 2.45) is 0 Å². The zero-order valence-corrected chi connectivity index (χ0v) is 13.9. The quantitative estimate of drug-likeness (QED) is 0.412. The summed E-state index contributed by atoms with van der Waals surface area (Å²) in [7, 11) is -7.96. The van der Waals surface area contributed by atoms with Gasteiger partial charge >= 0.3 is 17.7 Å². The van der Waals surface area contributed by atoms with Gasteiger partial charge in [0.15, 0.2) is 0 Å². The van der Waals surface area contributed by atoms with Crippen molar-refractivity contribution in [1.29, 1.82) is 0 Å². The minimum Gasteiger partial charge on any atom is -0.371 e. The Hall–Kier alpha value is -1.14. The Balaban J connectivity index is 2.99. The van der Waals surface area contributed by atoms with Gasteiger partial charge in [0.05, 0.1) is 13.2 Å². The van der Waals surface area contributed by atoms with Gasteiger partial charge in [0.25, 0.3) is 0 Å². The molecule has 0 aliphatic rings. The molecule has 21 heavy (non-hydrogen) atoms. The van der Waals surface area contributed by atoms with Gasteiger partial charge in [-0.05, 0) is 39.5 Å². The lowest BCUT2D eigenvalue weighted by Crippen LogP contribution is -2.08. The molecule has 0 saturated heterocycles. The van der Waals surface area contributed by atoms with E-state index in [4.69, 9.17) is 13.2 Å². The summed E-state index contributed by atoms with van der Waals surface area (Å²) < 4.78 is 51.3. The van der Waals surface area contributed by atoms with E-state index in [-0.39, 0.29) is 18.1 Å². The maximum absolute atomic E-state index is 12.3. The molecule has 1 rings (SSSR count).